The van der Waals surface area contributed by atoms with Gasteiger partial charge in [-0.3, -0.25) is 4.79 Å². The Morgan fingerprint density at radius 3 is 2.36 bits per heavy atom. The summed E-state index contributed by atoms with van der Waals surface area (Å²) in [5.41, 5.74) is 1.80. The average Bonchev–Trinajstić information content (AvgIpc) is 2.86. The lowest BCUT2D eigenvalue weighted by Crippen LogP contribution is -2.37. The molecule has 0 spiro atoms. The summed E-state index contributed by atoms with van der Waals surface area (Å²) >= 11 is 0. The second-order valence-electron chi connectivity index (χ2n) is 6.30. The summed E-state index contributed by atoms with van der Waals surface area (Å²) in [6, 6.07) is 8.59. The van der Waals surface area contributed by atoms with Crippen molar-refractivity contribution in [3.8, 4) is 0 Å². The second kappa shape index (κ2) is 7.01. The second-order valence-corrected chi connectivity index (χ2v) is 8.23. The highest BCUT2D eigenvalue weighted by molar-refractivity contribution is 7.89. The van der Waals surface area contributed by atoms with Gasteiger partial charge in [0, 0.05) is 31.7 Å². The molecule has 134 valence electrons. The molecule has 1 fully saturated rings. The largest absolute Gasteiger partial charge is 0.459 e. The Balaban J connectivity index is 1.74. The topological polar surface area (TPSA) is 70.8 Å². The normalized spacial score (nSPS) is 16.6. The van der Waals surface area contributed by atoms with Gasteiger partial charge in [-0.05, 0) is 38.5 Å². The van der Waals surface area contributed by atoms with Crippen molar-refractivity contribution in [3.05, 3.63) is 53.5 Å². The number of benzene rings is 1. The average molecular weight is 362 g/mol. The molecular formula is C18H22N2O4S. The molecule has 1 aliphatic heterocycles. The third-order valence-corrected chi connectivity index (χ3v) is 6.37. The van der Waals surface area contributed by atoms with Crippen molar-refractivity contribution in [2.75, 3.05) is 26.2 Å². The summed E-state index contributed by atoms with van der Waals surface area (Å²) in [7, 11) is -3.54. The first-order chi connectivity index (χ1) is 11.9. The molecule has 0 atom stereocenters. The van der Waals surface area contributed by atoms with Crippen LogP contribution in [0.5, 0.6) is 0 Å². The van der Waals surface area contributed by atoms with Gasteiger partial charge < -0.3 is 9.32 Å². The number of amides is 1. The number of nitrogens with zero attached hydrogens (tertiary/aromatic N) is 2. The molecule has 3 rings (SSSR count). The molecule has 1 aromatic heterocycles. The zero-order valence-corrected chi connectivity index (χ0v) is 15.3. The Labute approximate surface area is 148 Å². The van der Waals surface area contributed by atoms with E-state index in [9.17, 15) is 13.2 Å². The highest BCUT2D eigenvalue weighted by Gasteiger charge is 2.29. The van der Waals surface area contributed by atoms with Crippen molar-refractivity contribution >= 4 is 15.9 Å². The molecule has 0 unspecified atom stereocenters. The highest BCUT2D eigenvalue weighted by Crippen LogP contribution is 2.20. The SMILES string of the molecule is Cc1ccc(S(=O)(=O)N2CCCN(C(=O)c3occc3C)CC2)cc1. The van der Waals surface area contributed by atoms with Gasteiger partial charge in [-0.25, -0.2) is 8.42 Å². The summed E-state index contributed by atoms with van der Waals surface area (Å²) in [6.07, 6.45) is 2.09. The lowest BCUT2D eigenvalue weighted by molar-refractivity contribution is 0.0731. The quantitative estimate of drug-likeness (QED) is 0.841. The van der Waals surface area contributed by atoms with Crippen molar-refractivity contribution in [1.82, 2.24) is 9.21 Å². The van der Waals surface area contributed by atoms with Crippen molar-refractivity contribution in [1.29, 1.82) is 0 Å². The van der Waals surface area contributed by atoms with Gasteiger partial charge in [0.15, 0.2) is 5.76 Å². The number of sulfonamides is 1. The maximum atomic E-state index is 12.8. The van der Waals surface area contributed by atoms with Gasteiger partial charge in [0.25, 0.3) is 5.91 Å². The third-order valence-electron chi connectivity index (χ3n) is 4.46. The highest BCUT2D eigenvalue weighted by atomic mass is 32.2. The van der Waals surface area contributed by atoms with Crippen molar-refractivity contribution < 1.29 is 17.6 Å². The van der Waals surface area contributed by atoms with E-state index < -0.39 is 10.0 Å². The molecule has 2 aromatic rings. The molecule has 25 heavy (non-hydrogen) atoms. The molecular weight excluding hydrogens is 340 g/mol. The van der Waals surface area contributed by atoms with E-state index in [1.807, 2.05) is 13.8 Å². The minimum Gasteiger partial charge on any atom is -0.459 e. The number of hydrogen-bond donors (Lipinski definition) is 0. The number of rotatable bonds is 3. The van der Waals surface area contributed by atoms with Crippen LogP contribution in [0.25, 0.3) is 0 Å². The van der Waals surface area contributed by atoms with Crippen molar-refractivity contribution in [2.24, 2.45) is 0 Å². The Hall–Kier alpha value is -2.12. The first-order valence-corrected chi connectivity index (χ1v) is 9.74. The van der Waals surface area contributed by atoms with Crippen LogP contribution in [0, 0.1) is 13.8 Å². The van der Waals surface area contributed by atoms with Gasteiger partial charge in [0.05, 0.1) is 11.2 Å². The molecule has 1 aromatic carbocycles. The standard InChI is InChI=1S/C18H22N2O4S/c1-14-4-6-16(7-5-14)25(22,23)20-10-3-9-19(11-12-20)18(21)17-15(2)8-13-24-17/h4-8,13H,3,9-12H2,1-2H3. The van der Waals surface area contributed by atoms with Gasteiger partial charge in [-0.1, -0.05) is 17.7 Å². The Bertz CT molecular complexity index is 855. The fourth-order valence-corrected chi connectivity index (χ4v) is 4.40. The number of aryl methyl sites for hydroxylation is 2. The third kappa shape index (κ3) is 3.62. The van der Waals surface area contributed by atoms with Gasteiger partial charge in [0.1, 0.15) is 0 Å². The van der Waals surface area contributed by atoms with Gasteiger partial charge in [0.2, 0.25) is 10.0 Å². The minimum absolute atomic E-state index is 0.183. The molecule has 7 heteroatoms. The van der Waals surface area contributed by atoms with Crippen LogP contribution in [-0.2, 0) is 10.0 Å². The van der Waals surface area contributed by atoms with Crippen LogP contribution in [-0.4, -0.2) is 49.7 Å². The predicted octanol–water partition coefficient (Wildman–Crippen LogP) is 2.43. The van der Waals surface area contributed by atoms with E-state index in [2.05, 4.69) is 0 Å². The summed E-state index contributed by atoms with van der Waals surface area (Å²) in [4.78, 5) is 14.5. The Morgan fingerprint density at radius 2 is 1.72 bits per heavy atom. The molecule has 0 N–H and O–H groups in total. The van der Waals surface area contributed by atoms with Gasteiger partial charge >= 0.3 is 0 Å². The maximum Gasteiger partial charge on any atom is 0.289 e. The molecule has 1 amide bonds. The molecule has 1 saturated heterocycles. The zero-order chi connectivity index (χ0) is 18.0. The lowest BCUT2D eigenvalue weighted by Gasteiger charge is -2.21. The van der Waals surface area contributed by atoms with E-state index in [4.69, 9.17) is 4.42 Å². The first kappa shape index (κ1) is 17.7. The fourth-order valence-electron chi connectivity index (χ4n) is 2.93. The van der Waals surface area contributed by atoms with Crippen LogP contribution in [0.15, 0.2) is 45.9 Å². The zero-order valence-electron chi connectivity index (χ0n) is 14.4. The molecule has 0 radical (unpaired) electrons. The van der Waals surface area contributed by atoms with E-state index in [1.54, 1.807) is 35.2 Å². The molecule has 2 heterocycles. The monoisotopic (exact) mass is 362 g/mol. The predicted molar refractivity (Wildman–Crippen MR) is 93.9 cm³/mol. The van der Waals surface area contributed by atoms with Crippen LogP contribution >= 0.6 is 0 Å². The van der Waals surface area contributed by atoms with Crippen molar-refractivity contribution in [2.45, 2.75) is 25.2 Å². The summed E-state index contributed by atoms with van der Waals surface area (Å²) in [5, 5.41) is 0. The van der Waals surface area contributed by atoms with Crippen LogP contribution in [0.3, 0.4) is 0 Å². The summed E-state index contributed by atoms with van der Waals surface area (Å²) < 4.78 is 32.4. The number of carbonyl (C=O) groups is 1. The summed E-state index contributed by atoms with van der Waals surface area (Å²) in [5.74, 6) is 0.145. The molecule has 0 aliphatic carbocycles. The number of hydrogen-bond acceptors (Lipinski definition) is 4. The molecule has 0 bridgehead atoms. The van der Waals surface area contributed by atoms with Crippen LogP contribution < -0.4 is 0 Å². The van der Waals surface area contributed by atoms with Crippen LogP contribution in [0.1, 0.15) is 28.1 Å². The van der Waals surface area contributed by atoms with Crippen LogP contribution in [0.4, 0.5) is 0 Å². The molecule has 6 nitrogen and oxygen atoms in total. The minimum atomic E-state index is -3.54. The van der Waals surface area contributed by atoms with E-state index in [1.165, 1.54) is 10.6 Å². The smallest absolute Gasteiger partial charge is 0.289 e. The Morgan fingerprint density at radius 1 is 1.00 bits per heavy atom. The Kier molecular flexibility index (Phi) is 4.96. The van der Waals surface area contributed by atoms with E-state index in [0.717, 1.165) is 11.1 Å². The van der Waals surface area contributed by atoms with Crippen LogP contribution in [0.2, 0.25) is 0 Å². The number of carbonyl (C=O) groups excluding carboxylic acids is 1. The van der Waals surface area contributed by atoms with E-state index in [0.29, 0.717) is 36.7 Å². The van der Waals surface area contributed by atoms with E-state index in [-0.39, 0.29) is 12.5 Å². The van der Waals surface area contributed by atoms with E-state index >= 15 is 0 Å². The van der Waals surface area contributed by atoms with Gasteiger partial charge in [-0.15, -0.1) is 0 Å². The fraction of sp³-hybridized carbons (Fsp3) is 0.389. The summed E-state index contributed by atoms with van der Waals surface area (Å²) in [6.45, 7) is 5.28. The lowest BCUT2D eigenvalue weighted by atomic mass is 10.2. The van der Waals surface area contributed by atoms with Gasteiger partial charge in [-0.2, -0.15) is 4.31 Å². The van der Waals surface area contributed by atoms with Crippen molar-refractivity contribution in [3.63, 3.8) is 0 Å². The molecule has 1 aliphatic rings. The molecule has 0 saturated carbocycles. The number of furan rings is 1. The first-order valence-electron chi connectivity index (χ1n) is 8.30. The maximum absolute atomic E-state index is 12.8.